The van der Waals surface area contributed by atoms with Crippen molar-refractivity contribution in [2.75, 3.05) is 20.3 Å². The van der Waals surface area contributed by atoms with E-state index in [-0.39, 0.29) is 18.6 Å². The quantitative estimate of drug-likeness (QED) is 0.643. The fraction of sp³-hybridized carbons (Fsp3) is 0.900. The van der Waals surface area contributed by atoms with E-state index in [0.29, 0.717) is 0 Å². The predicted molar refractivity (Wildman–Crippen MR) is 50.8 cm³/mol. The molecule has 2 heterocycles. The highest BCUT2D eigenvalue weighted by atomic mass is 16.5. The lowest BCUT2D eigenvalue weighted by molar-refractivity contribution is -0.152. The van der Waals surface area contributed by atoms with E-state index in [1.165, 1.54) is 7.11 Å². The molecule has 0 aliphatic carbocycles. The molecule has 0 aromatic heterocycles. The summed E-state index contributed by atoms with van der Waals surface area (Å²) in [6.45, 7) is 1.07. The first-order chi connectivity index (χ1) is 6.74. The molecule has 1 N–H and O–H groups in total. The molecule has 0 aromatic carbocycles. The monoisotopic (exact) mass is 199 g/mol. The molecule has 4 heteroatoms. The van der Waals surface area contributed by atoms with Gasteiger partial charge in [0.15, 0.2) is 0 Å². The van der Waals surface area contributed by atoms with Crippen LogP contribution in [0.25, 0.3) is 0 Å². The SMILES string of the molecule is COC(=O)[C@@]12CCCN1[C@H](CO)CC2. The van der Waals surface area contributed by atoms with Crippen LogP contribution in [-0.2, 0) is 9.53 Å². The Bertz CT molecular complexity index is 244. The molecule has 2 fully saturated rings. The van der Waals surface area contributed by atoms with Gasteiger partial charge in [0.2, 0.25) is 0 Å². The zero-order valence-electron chi connectivity index (χ0n) is 8.53. The van der Waals surface area contributed by atoms with Crippen molar-refractivity contribution in [1.29, 1.82) is 0 Å². The summed E-state index contributed by atoms with van der Waals surface area (Å²) in [5, 5.41) is 9.19. The summed E-state index contributed by atoms with van der Waals surface area (Å²) >= 11 is 0. The van der Waals surface area contributed by atoms with Crippen LogP contribution in [0.2, 0.25) is 0 Å². The number of esters is 1. The van der Waals surface area contributed by atoms with Gasteiger partial charge in [0.1, 0.15) is 5.54 Å². The lowest BCUT2D eigenvalue weighted by Gasteiger charge is -2.31. The third kappa shape index (κ3) is 1.17. The Labute approximate surface area is 83.8 Å². The third-order valence-corrected chi connectivity index (χ3v) is 3.65. The molecule has 2 atom stereocenters. The van der Waals surface area contributed by atoms with E-state index in [2.05, 4.69) is 4.90 Å². The molecule has 80 valence electrons. The molecule has 0 radical (unpaired) electrons. The van der Waals surface area contributed by atoms with Gasteiger partial charge in [-0.2, -0.15) is 0 Å². The number of ether oxygens (including phenoxy) is 1. The molecule has 2 rings (SSSR count). The van der Waals surface area contributed by atoms with Gasteiger partial charge < -0.3 is 9.84 Å². The van der Waals surface area contributed by atoms with Crippen molar-refractivity contribution < 1.29 is 14.6 Å². The van der Waals surface area contributed by atoms with E-state index in [0.717, 1.165) is 32.2 Å². The highest BCUT2D eigenvalue weighted by Crippen LogP contribution is 2.42. The number of carbonyl (C=O) groups excluding carboxylic acids is 1. The molecule has 0 bridgehead atoms. The molecule has 0 unspecified atom stereocenters. The van der Waals surface area contributed by atoms with Crippen molar-refractivity contribution in [3.05, 3.63) is 0 Å². The molecular formula is C10H17NO3. The van der Waals surface area contributed by atoms with Crippen LogP contribution < -0.4 is 0 Å². The first-order valence-corrected chi connectivity index (χ1v) is 5.20. The zero-order valence-corrected chi connectivity index (χ0v) is 8.53. The predicted octanol–water partition coefficient (Wildman–Crippen LogP) is 0.149. The number of hydrogen-bond acceptors (Lipinski definition) is 4. The maximum atomic E-state index is 11.7. The zero-order chi connectivity index (χ0) is 10.2. The molecule has 0 aromatic rings. The minimum Gasteiger partial charge on any atom is -0.468 e. The molecule has 2 aliphatic rings. The Morgan fingerprint density at radius 3 is 3.07 bits per heavy atom. The smallest absolute Gasteiger partial charge is 0.326 e. The summed E-state index contributed by atoms with van der Waals surface area (Å²) < 4.78 is 4.87. The second kappa shape index (κ2) is 3.51. The molecular weight excluding hydrogens is 182 g/mol. The van der Waals surface area contributed by atoms with E-state index < -0.39 is 5.54 Å². The van der Waals surface area contributed by atoms with Gasteiger partial charge in [0.25, 0.3) is 0 Å². The van der Waals surface area contributed by atoms with E-state index >= 15 is 0 Å². The number of hydrogen-bond donors (Lipinski definition) is 1. The van der Waals surface area contributed by atoms with Gasteiger partial charge in [-0.1, -0.05) is 0 Å². The van der Waals surface area contributed by atoms with Crippen LogP contribution in [0, 0.1) is 0 Å². The maximum Gasteiger partial charge on any atom is 0.326 e. The Morgan fingerprint density at radius 1 is 1.64 bits per heavy atom. The molecule has 0 saturated carbocycles. The van der Waals surface area contributed by atoms with Crippen LogP contribution in [0.3, 0.4) is 0 Å². The van der Waals surface area contributed by atoms with Gasteiger partial charge in [-0.25, -0.2) is 0 Å². The Kier molecular flexibility index (Phi) is 2.49. The largest absolute Gasteiger partial charge is 0.468 e. The van der Waals surface area contributed by atoms with Crippen molar-refractivity contribution in [3.8, 4) is 0 Å². The second-order valence-electron chi connectivity index (χ2n) is 4.20. The lowest BCUT2D eigenvalue weighted by atomic mass is 9.94. The van der Waals surface area contributed by atoms with Crippen LogP contribution in [-0.4, -0.2) is 47.8 Å². The average Bonchev–Trinajstić information content (AvgIpc) is 2.74. The Morgan fingerprint density at radius 2 is 2.43 bits per heavy atom. The van der Waals surface area contributed by atoms with E-state index in [4.69, 9.17) is 4.74 Å². The summed E-state index contributed by atoms with van der Waals surface area (Å²) in [6.07, 6.45) is 3.66. The molecule has 0 amide bonds. The number of nitrogens with zero attached hydrogens (tertiary/aromatic N) is 1. The van der Waals surface area contributed by atoms with Crippen LogP contribution in [0.15, 0.2) is 0 Å². The molecule has 2 aliphatic heterocycles. The van der Waals surface area contributed by atoms with Crippen molar-refractivity contribution in [2.45, 2.75) is 37.3 Å². The molecule has 2 saturated heterocycles. The van der Waals surface area contributed by atoms with Crippen LogP contribution >= 0.6 is 0 Å². The van der Waals surface area contributed by atoms with E-state index in [1.54, 1.807) is 0 Å². The Hall–Kier alpha value is -0.610. The van der Waals surface area contributed by atoms with E-state index in [9.17, 15) is 9.90 Å². The third-order valence-electron chi connectivity index (χ3n) is 3.65. The molecule has 14 heavy (non-hydrogen) atoms. The van der Waals surface area contributed by atoms with Gasteiger partial charge in [0, 0.05) is 6.04 Å². The van der Waals surface area contributed by atoms with Crippen molar-refractivity contribution in [1.82, 2.24) is 4.90 Å². The summed E-state index contributed by atoms with van der Waals surface area (Å²) in [7, 11) is 1.44. The fourth-order valence-electron chi connectivity index (χ4n) is 2.96. The van der Waals surface area contributed by atoms with Crippen LogP contribution in [0.4, 0.5) is 0 Å². The summed E-state index contributed by atoms with van der Waals surface area (Å²) in [5.74, 6) is -0.119. The lowest BCUT2D eigenvalue weighted by Crippen LogP contribution is -2.49. The van der Waals surface area contributed by atoms with Gasteiger partial charge in [-0.05, 0) is 32.2 Å². The van der Waals surface area contributed by atoms with Gasteiger partial charge in [-0.15, -0.1) is 0 Å². The molecule has 0 spiro atoms. The number of rotatable bonds is 2. The number of fused-ring (bicyclic) bond motifs is 1. The second-order valence-corrected chi connectivity index (χ2v) is 4.20. The maximum absolute atomic E-state index is 11.7. The summed E-state index contributed by atoms with van der Waals surface area (Å²) in [5.41, 5.74) is -0.401. The van der Waals surface area contributed by atoms with E-state index in [1.807, 2.05) is 0 Å². The fourth-order valence-corrected chi connectivity index (χ4v) is 2.96. The summed E-state index contributed by atoms with van der Waals surface area (Å²) in [4.78, 5) is 13.9. The highest BCUT2D eigenvalue weighted by Gasteiger charge is 2.54. The number of carbonyl (C=O) groups is 1. The first kappa shape index (κ1) is 9.93. The number of methoxy groups -OCH3 is 1. The first-order valence-electron chi connectivity index (χ1n) is 5.20. The van der Waals surface area contributed by atoms with Crippen LogP contribution in [0.1, 0.15) is 25.7 Å². The Balaban J connectivity index is 2.22. The van der Waals surface area contributed by atoms with Crippen LogP contribution in [0.5, 0.6) is 0 Å². The normalized spacial score (nSPS) is 37.1. The standard InChI is InChI=1S/C10H17NO3/c1-14-9(13)10-4-2-6-11(10)8(7-12)3-5-10/h8,12H,2-7H2,1H3/t8-,10-/m0/s1. The number of aliphatic hydroxyl groups excluding tert-OH is 1. The average molecular weight is 199 g/mol. The summed E-state index contributed by atoms with van der Waals surface area (Å²) in [6, 6.07) is 0.164. The van der Waals surface area contributed by atoms with Gasteiger partial charge in [0.05, 0.1) is 13.7 Å². The van der Waals surface area contributed by atoms with Crippen molar-refractivity contribution >= 4 is 5.97 Å². The van der Waals surface area contributed by atoms with Crippen molar-refractivity contribution in [3.63, 3.8) is 0 Å². The molecule has 4 nitrogen and oxygen atoms in total. The van der Waals surface area contributed by atoms with Gasteiger partial charge in [-0.3, -0.25) is 9.69 Å². The topological polar surface area (TPSA) is 49.8 Å². The van der Waals surface area contributed by atoms with Crippen molar-refractivity contribution in [2.24, 2.45) is 0 Å². The number of aliphatic hydroxyl groups is 1. The highest BCUT2D eigenvalue weighted by molar-refractivity contribution is 5.81. The van der Waals surface area contributed by atoms with Gasteiger partial charge >= 0.3 is 5.97 Å². The minimum atomic E-state index is -0.401. The minimum absolute atomic E-state index is 0.119.